The van der Waals surface area contributed by atoms with Crippen molar-refractivity contribution in [2.75, 3.05) is 0 Å². The Morgan fingerprint density at radius 2 is 1.95 bits per heavy atom. The number of carbonyl (C=O) groups excluding carboxylic acids is 1. The molecule has 0 radical (unpaired) electrons. The summed E-state index contributed by atoms with van der Waals surface area (Å²) >= 11 is 0. The van der Waals surface area contributed by atoms with Gasteiger partial charge in [-0.2, -0.15) is 0 Å². The molecule has 3 heteroatoms. The minimum atomic E-state index is -0.419. The molecule has 1 unspecified atom stereocenters. The van der Waals surface area contributed by atoms with E-state index in [0.717, 1.165) is 6.42 Å². The van der Waals surface area contributed by atoms with Crippen LogP contribution in [0.1, 0.15) is 60.3 Å². The van der Waals surface area contributed by atoms with Crippen LogP contribution in [0.2, 0.25) is 0 Å². The molecule has 3 nitrogen and oxygen atoms in total. The predicted octanol–water partition coefficient (Wildman–Crippen LogP) is 3.44. The van der Waals surface area contributed by atoms with Crippen molar-refractivity contribution in [3.63, 3.8) is 0 Å². The van der Waals surface area contributed by atoms with Crippen LogP contribution in [0.5, 0.6) is 0 Å². The van der Waals surface area contributed by atoms with Crippen LogP contribution in [0.4, 0.5) is 0 Å². The topological polar surface area (TPSA) is 38.3 Å². The van der Waals surface area contributed by atoms with Crippen LogP contribution in [0, 0.1) is 5.92 Å². The predicted molar refractivity (Wildman–Crippen MR) is 79.0 cm³/mol. The molecular formula is C16H29NO2. The van der Waals surface area contributed by atoms with Gasteiger partial charge in [0.2, 0.25) is 0 Å². The second-order valence-electron chi connectivity index (χ2n) is 6.52. The first-order valence-electron chi connectivity index (χ1n) is 7.50. The fraction of sp³-hybridized carbons (Fsp3) is 0.812. The van der Waals surface area contributed by atoms with E-state index >= 15 is 0 Å². The van der Waals surface area contributed by atoms with Crippen molar-refractivity contribution in [1.29, 1.82) is 0 Å². The number of nitrogens with one attached hydrogen (secondary N) is 1. The molecule has 0 aliphatic carbocycles. The first-order valence-corrected chi connectivity index (χ1v) is 7.50. The molecule has 0 aromatic carbocycles. The lowest BCUT2D eigenvalue weighted by atomic mass is 9.93. The first-order chi connectivity index (χ1) is 8.83. The van der Waals surface area contributed by atoms with E-state index in [-0.39, 0.29) is 17.9 Å². The largest absolute Gasteiger partial charge is 0.459 e. The summed E-state index contributed by atoms with van der Waals surface area (Å²) in [4.78, 5) is 12.2. The van der Waals surface area contributed by atoms with Gasteiger partial charge < -0.3 is 4.74 Å². The van der Waals surface area contributed by atoms with Crippen molar-refractivity contribution in [1.82, 2.24) is 5.32 Å². The molecule has 0 saturated carbocycles. The Bertz CT molecular complexity index is 317. The fourth-order valence-electron chi connectivity index (χ4n) is 2.30. The number of hydrogen-bond donors (Lipinski definition) is 1. The number of unbranched alkanes of at least 4 members (excludes halogenated alkanes) is 2. The standard InChI is InChI=1S/C16H29NO2/c1-6-7-8-9-13-11-10-12(2)14(17-13)15(18)19-16(3,4)5/h10-14,17H,6-9H2,1-5H3/t12-,13?,14-/m1/s1. The highest BCUT2D eigenvalue weighted by molar-refractivity contribution is 5.77. The Kier molecular flexibility index (Phi) is 6.05. The van der Waals surface area contributed by atoms with Crippen molar-refractivity contribution < 1.29 is 9.53 Å². The van der Waals surface area contributed by atoms with Gasteiger partial charge in [-0.3, -0.25) is 10.1 Å². The lowest BCUT2D eigenvalue weighted by Crippen LogP contribution is -2.50. The smallest absolute Gasteiger partial charge is 0.324 e. The maximum atomic E-state index is 12.2. The van der Waals surface area contributed by atoms with E-state index in [0.29, 0.717) is 6.04 Å². The Labute approximate surface area is 117 Å². The molecule has 0 bridgehead atoms. The third-order valence-corrected chi connectivity index (χ3v) is 3.35. The normalized spacial score (nSPS) is 27.3. The van der Waals surface area contributed by atoms with Gasteiger partial charge in [-0.15, -0.1) is 0 Å². The van der Waals surface area contributed by atoms with Crippen molar-refractivity contribution in [2.24, 2.45) is 5.92 Å². The molecule has 0 saturated heterocycles. The van der Waals surface area contributed by atoms with Crippen LogP contribution in [0.3, 0.4) is 0 Å². The third-order valence-electron chi connectivity index (χ3n) is 3.35. The maximum absolute atomic E-state index is 12.2. The average molecular weight is 267 g/mol. The fourth-order valence-corrected chi connectivity index (χ4v) is 2.30. The van der Waals surface area contributed by atoms with Gasteiger partial charge in [0, 0.05) is 12.0 Å². The van der Waals surface area contributed by atoms with E-state index in [1.807, 2.05) is 20.8 Å². The van der Waals surface area contributed by atoms with Gasteiger partial charge in [-0.25, -0.2) is 0 Å². The van der Waals surface area contributed by atoms with Gasteiger partial charge in [0.1, 0.15) is 11.6 Å². The highest BCUT2D eigenvalue weighted by Gasteiger charge is 2.32. The van der Waals surface area contributed by atoms with E-state index in [9.17, 15) is 4.79 Å². The van der Waals surface area contributed by atoms with Crippen LogP contribution in [0.25, 0.3) is 0 Å². The summed E-state index contributed by atoms with van der Waals surface area (Å²) < 4.78 is 5.49. The summed E-state index contributed by atoms with van der Waals surface area (Å²) in [5.41, 5.74) is -0.419. The van der Waals surface area contributed by atoms with Gasteiger partial charge in [-0.1, -0.05) is 45.3 Å². The zero-order valence-corrected chi connectivity index (χ0v) is 13.0. The first kappa shape index (κ1) is 16.2. The molecule has 0 aromatic rings. The van der Waals surface area contributed by atoms with Crippen LogP contribution in [0.15, 0.2) is 12.2 Å². The average Bonchev–Trinajstić information content (AvgIpc) is 2.29. The quantitative estimate of drug-likeness (QED) is 0.471. The lowest BCUT2D eigenvalue weighted by Gasteiger charge is -2.32. The number of carbonyl (C=O) groups is 1. The summed E-state index contributed by atoms with van der Waals surface area (Å²) in [5, 5.41) is 3.42. The second kappa shape index (κ2) is 7.09. The monoisotopic (exact) mass is 267 g/mol. The summed E-state index contributed by atoms with van der Waals surface area (Å²) in [6, 6.07) is 0.0936. The summed E-state index contributed by atoms with van der Waals surface area (Å²) in [6.45, 7) is 9.99. The van der Waals surface area contributed by atoms with E-state index in [1.54, 1.807) is 0 Å². The molecule has 0 aromatic heterocycles. The molecule has 110 valence electrons. The van der Waals surface area contributed by atoms with E-state index in [2.05, 4.69) is 31.3 Å². The molecular weight excluding hydrogens is 238 g/mol. The molecule has 19 heavy (non-hydrogen) atoms. The minimum absolute atomic E-state index is 0.134. The SMILES string of the molecule is CCCCCC1C=C[C@@H](C)[C@H](C(=O)OC(C)(C)C)N1. The number of esters is 1. The minimum Gasteiger partial charge on any atom is -0.459 e. The Hall–Kier alpha value is -0.830. The van der Waals surface area contributed by atoms with Gasteiger partial charge in [-0.05, 0) is 27.2 Å². The molecule has 3 atom stereocenters. The second-order valence-corrected chi connectivity index (χ2v) is 6.52. The molecule has 1 N–H and O–H groups in total. The third kappa shape index (κ3) is 5.77. The number of rotatable bonds is 5. The molecule has 0 amide bonds. The van der Waals surface area contributed by atoms with Gasteiger partial charge in [0.15, 0.2) is 0 Å². The van der Waals surface area contributed by atoms with E-state index in [1.165, 1.54) is 19.3 Å². The zero-order chi connectivity index (χ0) is 14.5. The molecule has 0 fully saturated rings. The van der Waals surface area contributed by atoms with E-state index in [4.69, 9.17) is 4.74 Å². The molecule has 1 aliphatic heterocycles. The van der Waals surface area contributed by atoms with Gasteiger partial charge in [0.25, 0.3) is 0 Å². The van der Waals surface area contributed by atoms with Crippen LogP contribution < -0.4 is 5.32 Å². The molecule has 1 heterocycles. The molecule has 1 aliphatic rings. The van der Waals surface area contributed by atoms with Crippen molar-refractivity contribution in [3.05, 3.63) is 12.2 Å². The van der Waals surface area contributed by atoms with E-state index < -0.39 is 5.60 Å². The molecule has 1 rings (SSSR count). The van der Waals surface area contributed by atoms with Crippen LogP contribution in [-0.2, 0) is 9.53 Å². The van der Waals surface area contributed by atoms with Gasteiger partial charge >= 0.3 is 5.97 Å². The number of ether oxygens (including phenoxy) is 1. The Balaban J connectivity index is 2.54. The van der Waals surface area contributed by atoms with Crippen LogP contribution >= 0.6 is 0 Å². The summed E-state index contributed by atoms with van der Waals surface area (Å²) in [7, 11) is 0. The van der Waals surface area contributed by atoms with Crippen molar-refractivity contribution in [3.8, 4) is 0 Å². The summed E-state index contributed by atoms with van der Waals surface area (Å²) in [6.07, 6.45) is 9.11. The Morgan fingerprint density at radius 1 is 1.26 bits per heavy atom. The van der Waals surface area contributed by atoms with Crippen molar-refractivity contribution in [2.45, 2.75) is 78.0 Å². The number of hydrogen-bond acceptors (Lipinski definition) is 3. The molecule has 0 spiro atoms. The van der Waals surface area contributed by atoms with Crippen molar-refractivity contribution >= 4 is 5.97 Å². The zero-order valence-electron chi connectivity index (χ0n) is 13.0. The van der Waals surface area contributed by atoms with Gasteiger partial charge in [0.05, 0.1) is 0 Å². The Morgan fingerprint density at radius 3 is 2.53 bits per heavy atom. The lowest BCUT2D eigenvalue weighted by molar-refractivity contribution is -0.158. The highest BCUT2D eigenvalue weighted by atomic mass is 16.6. The maximum Gasteiger partial charge on any atom is 0.324 e. The highest BCUT2D eigenvalue weighted by Crippen LogP contribution is 2.19. The van der Waals surface area contributed by atoms with Crippen LogP contribution in [-0.4, -0.2) is 23.7 Å². The summed E-state index contributed by atoms with van der Waals surface area (Å²) in [5.74, 6) is 0.0575.